The van der Waals surface area contributed by atoms with Crippen molar-refractivity contribution in [2.24, 2.45) is 62.1 Å². The van der Waals surface area contributed by atoms with Gasteiger partial charge in [-0.05, 0) is 134 Å². The minimum atomic E-state index is -1.17. The monoisotopic (exact) mass is 598 g/mol. The number of hydrogen-bond donors (Lipinski definition) is 4. The van der Waals surface area contributed by atoms with Gasteiger partial charge in [-0.3, -0.25) is 4.79 Å². The van der Waals surface area contributed by atoms with E-state index in [0.717, 1.165) is 44.9 Å². The molecular formula is C37H58O6. The Bertz CT molecular complexity index is 1210. The Kier molecular flexibility index (Phi) is 6.65. The van der Waals surface area contributed by atoms with E-state index in [1.165, 1.54) is 24.8 Å². The fourth-order valence-electron chi connectivity index (χ4n) is 13.5. The lowest BCUT2D eigenvalue weighted by Crippen LogP contribution is -2.65. The minimum absolute atomic E-state index is 0.0442. The number of ether oxygens (including phenoxy) is 1. The van der Waals surface area contributed by atoms with Gasteiger partial charge < -0.3 is 25.2 Å². The highest BCUT2D eigenvalue weighted by Gasteiger charge is 2.73. The van der Waals surface area contributed by atoms with Crippen LogP contribution < -0.4 is 0 Å². The van der Waals surface area contributed by atoms with Crippen LogP contribution in [0.15, 0.2) is 11.6 Å². The molecule has 6 aliphatic carbocycles. The lowest BCUT2D eigenvalue weighted by Gasteiger charge is -2.71. The number of aliphatic hydroxyl groups is 3. The lowest BCUT2D eigenvalue weighted by atomic mass is 9.33. The van der Waals surface area contributed by atoms with Crippen LogP contribution >= 0.6 is 0 Å². The lowest BCUT2D eigenvalue weighted by molar-refractivity contribution is -0.231. The first-order valence-electron chi connectivity index (χ1n) is 17.6. The molecule has 0 aromatic rings. The highest BCUT2D eigenvalue weighted by molar-refractivity contribution is 5.77. The fourth-order valence-corrected chi connectivity index (χ4v) is 13.5. The van der Waals surface area contributed by atoms with Crippen LogP contribution in [0.4, 0.5) is 0 Å². The first kappa shape index (κ1) is 30.7. The van der Waals surface area contributed by atoms with E-state index in [0.29, 0.717) is 35.5 Å². The average Bonchev–Trinajstić information content (AvgIpc) is 3.63. The van der Waals surface area contributed by atoms with Gasteiger partial charge in [-0.1, -0.05) is 53.2 Å². The van der Waals surface area contributed by atoms with Crippen molar-refractivity contribution in [1.82, 2.24) is 0 Å². The normalized spacial score (nSPS) is 58.5. The summed E-state index contributed by atoms with van der Waals surface area (Å²) in [6.07, 6.45) is 9.63. The van der Waals surface area contributed by atoms with Gasteiger partial charge in [0.1, 0.15) is 18.3 Å². The summed E-state index contributed by atoms with van der Waals surface area (Å²) < 4.78 is 6.09. The molecule has 0 radical (unpaired) electrons. The summed E-state index contributed by atoms with van der Waals surface area (Å²) in [6, 6.07) is 0. The highest BCUT2D eigenvalue weighted by atomic mass is 16.5. The van der Waals surface area contributed by atoms with Crippen molar-refractivity contribution in [2.45, 2.75) is 150 Å². The maximum absolute atomic E-state index is 13.0. The Morgan fingerprint density at radius 3 is 2.28 bits per heavy atom. The summed E-state index contributed by atoms with van der Waals surface area (Å²) in [5.74, 6) is 1.68. The molecule has 0 aromatic heterocycles. The van der Waals surface area contributed by atoms with E-state index >= 15 is 0 Å². The third-order valence-electron chi connectivity index (χ3n) is 16.6. The van der Waals surface area contributed by atoms with Gasteiger partial charge in [0.15, 0.2) is 0 Å². The molecule has 4 N–H and O–H groups in total. The van der Waals surface area contributed by atoms with E-state index in [-0.39, 0.29) is 27.6 Å². The Hall–Kier alpha value is -0.950. The maximum Gasteiger partial charge on any atom is 0.310 e. The van der Waals surface area contributed by atoms with E-state index in [4.69, 9.17) is 4.74 Å². The predicted octanol–water partition coefficient (Wildman–Crippen LogP) is 6.36. The van der Waals surface area contributed by atoms with Gasteiger partial charge in [0, 0.05) is 0 Å². The van der Waals surface area contributed by atoms with Crippen molar-refractivity contribution in [3.8, 4) is 0 Å². The number of aliphatic carboxylic acids is 1. The molecule has 1 heterocycles. The number of carboxylic acids is 1. The summed E-state index contributed by atoms with van der Waals surface area (Å²) in [5.41, 5.74) is 1.74. The molecule has 7 rings (SSSR count). The maximum atomic E-state index is 13.0. The molecule has 7 unspecified atom stereocenters. The largest absolute Gasteiger partial charge is 0.481 e. The first-order chi connectivity index (χ1) is 20.0. The van der Waals surface area contributed by atoms with E-state index in [2.05, 4.69) is 47.6 Å². The molecule has 6 fully saturated rings. The number of fused-ring (bicyclic) bond motifs is 9. The molecule has 5 saturated carbocycles. The van der Waals surface area contributed by atoms with E-state index in [1.54, 1.807) is 6.92 Å². The smallest absolute Gasteiger partial charge is 0.310 e. The summed E-state index contributed by atoms with van der Waals surface area (Å²) in [4.78, 5) is 13.0. The molecule has 1 aliphatic heterocycles. The molecule has 43 heavy (non-hydrogen) atoms. The summed E-state index contributed by atoms with van der Waals surface area (Å²) in [7, 11) is 0. The molecule has 0 bridgehead atoms. The molecule has 15 atom stereocenters. The van der Waals surface area contributed by atoms with Gasteiger partial charge >= 0.3 is 5.97 Å². The van der Waals surface area contributed by atoms with Gasteiger partial charge in [0.2, 0.25) is 0 Å². The standard InChI is InChI=1S/C37H58O6/c1-20-28(38)30(40)29(39)24(43-20)18-21-10-12-34(5)25(32(21,2)3)11-13-36(7)26(34)9-8-22-27-23-19-33(23,4)14-16-37(27,31(41)42)17-15-35(22,36)6/h8,20-21,23-30,38-40H,9-19H2,1-7H3,(H,41,42)/t20?,21-,23?,24-,25?,26?,27?,28-,29?,30?,33+,34-,35+,36+,37-/m0/s1. The number of rotatable bonds is 3. The topological polar surface area (TPSA) is 107 Å². The van der Waals surface area contributed by atoms with Crippen LogP contribution in [0.1, 0.15) is 119 Å². The Balaban J connectivity index is 1.19. The Labute approximate surface area is 259 Å². The van der Waals surface area contributed by atoms with Crippen molar-refractivity contribution >= 4 is 5.97 Å². The van der Waals surface area contributed by atoms with Gasteiger partial charge in [-0.15, -0.1) is 0 Å². The van der Waals surface area contributed by atoms with Crippen molar-refractivity contribution in [3.05, 3.63) is 11.6 Å². The SMILES string of the molecule is CC1O[C@@H](C[C@@H]2CC[C@@]3(C)C(CC[C@]4(C)C3CC=C3C5C6C[C@@]6(C)CC[C@]5(C(=O)O)CC[C@]34C)C2(C)C)C(O)C(O)[C@H]1O. The van der Waals surface area contributed by atoms with E-state index in [9.17, 15) is 25.2 Å². The van der Waals surface area contributed by atoms with Crippen LogP contribution in [0.3, 0.4) is 0 Å². The summed E-state index contributed by atoms with van der Waals surface area (Å²) in [6.45, 7) is 16.8. The van der Waals surface area contributed by atoms with Crippen molar-refractivity contribution < 1.29 is 30.0 Å². The summed E-state index contributed by atoms with van der Waals surface area (Å²) >= 11 is 0. The molecule has 1 saturated heterocycles. The average molecular weight is 599 g/mol. The molecule has 0 spiro atoms. The molecule has 0 aromatic carbocycles. The van der Waals surface area contributed by atoms with Crippen molar-refractivity contribution in [1.29, 1.82) is 0 Å². The second-order valence-electron chi connectivity index (χ2n) is 18.3. The first-order valence-corrected chi connectivity index (χ1v) is 17.6. The summed E-state index contributed by atoms with van der Waals surface area (Å²) in [5, 5.41) is 42.2. The Morgan fingerprint density at radius 1 is 0.884 bits per heavy atom. The highest BCUT2D eigenvalue weighted by Crippen LogP contribution is 2.79. The van der Waals surface area contributed by atoms with Crippen molar-refractivity contribution in [2.75, 3.05) is 0 Å². The zero-order valence-electron chi connectivity index (χ0n) is 27.7. The fraction of sp³-hybridized carbons (Fsp3) is 0.919. The quantitative estimate of drug-likeness (QED) is 0.282. The van der Waals surface area contributed by atoms with Crippen molar-refractivity contribution in [3.63, 3.8) is 0 Å². The number of carboxylic acid groups (broad SMARTS) is 1. The second-order valence-corrected chi connectivity index (χ2v) is 18.3. The number of carbonyl (C=O) groups is 1. The second kappa shape index (κ2) is 9.32. The molecule has 242 valence electrons. The third-order valence-corrected chi connectivity index (χ3v) is 16.6. The molecular weight excluding hydrogens is 540 g/mol. The van der Waals surface area contributed by atoms with Crippen LogP contribution in [-0.2, 0) is 9.53 Å². The van der Waals surface area contributed by atoms with Gasteiger partial charge in [-0.2, -0.15) is 0 Å². The van der Waals surface area contributed by atoms with Gasteiger partial charge in [-0.25, -0.2) is 0 Å². The Morgan fingerprint density at radius 2 is 1.58 bits per heavy atom. The van der Waals surface area contributed by atoms with Crippen LogP contribution in [0.5, 0.6) is 0 Å². The van der Waals surface area contributed by atoms with E-state index in [1.807, 2.05) is 0 Å². The third kappa shape index (κ3) is 3.82. The van der Waals surface area contributed by atoms with Crippen LogP contribution in [0.25, 0.3) is 0 Å². The molecule has 0 amide bonds. The predicted molar refractivity (Wildman–Crippen MR) is 165 cm³/mol. The van der Waals surface area contributed by atoms with Gasteiger partial charge in [0.05, 0.1) is 17.6 Å². The minimum Gasteiger partial charge on any atom is -0.481 e. The van der Waals surface area contributed by atoms with Crippen LogP contribution in [-0.4, -0.2) is 56.9 Å². The molecule has 6 heteroatoms. The number of allylic oxidation sites excluding steroid dienone is 2. The molecule has 7 aliphatic rings. The molecule has 6 nitrogen and oxygen atoms in total. The van der Waals surface area contributed by atoms with E-state index < -0.39 is 41.9 Å². The van der Waals surface area contributed by atoms with Gasteiger partial charge in [0.25, 0.3) is 0 Å². The zero-order valence-corrected chi connectivity index (χ0v) is 27.7. The van der Waals surface area contributed by atoms with Crippen LogP contribution in [0.2, 0.25) is 0 Å². The number of aliphatic hydroxyl groups excluding tert-OH is 3. The van der Waals surface area contributed by atoms with Crippen LogP contribution in [0, 0.1) is 62.1 Å². The number of hydrogen-bond acceptors (Lipinski definition) is 5. The zero-order chi connectivity index (χ0) is 31.1.